The molecule has 206 valence electrons. The normalized spacial score (nSPS) is 30.1. The van der Waals surface area contributed by atoms with Gasteiger partial charge in [0.05, 0.1) is 19.3 Å². The maximum absolute atomic E-state index is 14.7. The van der Waals surface area contributed by atoms with Crippen molar-refractivity contribution < 1.29 is 18.3 Å². The van der Waals surface area contributed by atoms with Gasteiger partial charge in [0.2, 0.25) is 5.82 Å². The Morgan fingerprint density at radius 2 is 1.50 bits per heavy atom. The maximum Gasteiger partial charge on any atom is 0.201 e. The van der Waals surface area contributed by atoms with Gasteiger partial charge in [-0.3, -0.25) is 0 Å². The molecule has 0 radical (unpaired) electrons. The molecule has 3 aliphatic rings. The Morgan fingerprint density at radius 3 is 2.13 bits per heavy atom. The predicted octanol–water partition coefficient (Wildman–Crippen LogP) is 9.48. The highest BCUT2D eigenvalue weighted by Gasteiger charge is 2.35. The maximum atomic E-state index is 14.7. The van der Waals surface area contributed by atoms with E-state index in [4.69, 9.17) is 9.47 Å². The summed E-state index contributed by atoms with van der Waals surface area (Å²) in [7, 11) is 0. The lowest BCUT2D eigenvalue weighted by atomic mass is 9.71. The molecule has 0 aromatic heterocycles. The summed E-state index contributed by atoms with van der Waals surface area (Å²) in [6.45, 7) is 7.25. The predicted molar refractivity (Wildman–Crippen MR) is 150 cm³/mol. The fourth-order valence-electron chi connectivity index (χ4n) is 7.23. The Bertz CT molecular complexity index is 1040. The zero-order valence-corrected chi connectivity index (χ0v) is 23.0. The van der Waals surface area contributed by atoms with Crippen molar-refractivity contribution in [2.24, 2.45) is 23.7 Å². The quantitative estimate of drug-likeness (QED) is 0.321. The second-order valence-corrected chi connectivity index (χ2v) is 11.9. The van der Waals surface area contributed by atoms with Gasteiger partial charge >= 0.3 is 0 Å². The average Bonchev–Trinajstić information content (AvgIpc) is 2.98. The molecule has 2 aliphatic carbocycles. The summed E-state index contributed by atoms with van der Waals surface area (Å²) < 4.78 is 41.0. The Hall–Kier alpha value is -2.20. The fourth-order valence-corrected chi connectivity index (χ4v) is 7.23. The molecular formula is C34H44F2O2. The van der Waals surface area contributed by atoms with Gasteiger partial charge in [-0.05, 0) is 123 Å². The van der Waals surface area contributed by atoms with Gasteiger partial charge < -0.3 is 9.47 Å². The summed E-state index contributed by atoms with van der Waals surface area (Å²) in [5, 5.41) is 0. The molecule has 1 heterocycles. The third-order valence-electron chi connectivity index (χ3n) is 9.66. The molecule has 3 fully saturated rings. The molecule has 2 nitrogen and oxygen atoms in total. The topological polar surface area (TPSA) is 18.5 Å². The minimum atomic E-state index is -0.908. The van der Waals surface area contributed by atoms with Crippen LogP contribution in [0.2, 0.25) is 0 Å². The summed E-state index contributed by atoms with van der Waals surface area (Å²) in [6, 6.07) is 11.2. The zero-order chi connectivity index (χ0) is 26.5. The first-order valence-corrected chi connectivity index (χ1v) is 15.0. The van der Waals surface area contributed by atoms with E-state index in [1.807, 2.05) is 19.1 Å². The van der Waals surface area contributed by atoms with Gasteiger partial charge in [0, 0.05) is 5.56 Å². The van der Waals surface area contributed by atoms with Gasteiger partial charge in [-0.15, -0.1) is 6.58 Å². The molecule has 1 saturated heterocycles. The van der Waals surface area contributed by atoms with E-state index in [2.05, 4.69) is 24.8 Å². The van der Waals surface area contributed by atoms with Crippen molar-refractivity contribution in [2.45, 2.75) is 89.6 Å². The van der Waals surface area contributed by atoms with Crippen LogP contribution in [0.4, 0.5) is 8.78 Å². The van der Waals surface area contributed by atoms with E-state index in [0.29, 0.717) is 30.1 Å². The average molecular weight is 523 g/mol. The van der Waals surface area contributed by atoms with E-state index in [1.165, 1.54) is 75.8 Å². The van der Waals surface area contributed by atoms with Crippen LogP contribution in [-0.4, -0.2) is 19.3 Å². The summed E-state index contributed by atoms with van der Waals surface area (Å²) in [6.07, 6.45) is 16.0. The van der Waals surface area contributed by atoms with E-state index in [1.54, 1.807) is 6.07 Å². The summed E-state index contributed by atoms with van der Waals surface area (Å²) in [5.74, 6) is 1.77. The molecule has 0 N–H and O–H groups in total. The number of ether oxygens (including phenoxy) is 2. The number of hydrogen-bond donors (Lipinski definition) is 0. The number of benzene rings is 2. The Kier molecular flexibility index (Phi) is 9.20. The van der Waals surface area contributed by atoms with Crippen LogP contribution in [0.1, 0.15) is 89.0 Å². The Balaban J connectivity index is 1.11. The monoisotopic (exact) mass is 522 g/mol. The van der Waals surface area contributed by atoms with Crippen LogP contribution in [0.15, 0.2) is 49.1 Å². The van der Waals surface area contributed by atoms with Gasteiger partial charge in [0.25, 0.3) is 0 Å². The molecule has 0 amide bonds. The van der Waals surface area contributed by atoms with Crippen LogP contribution in [-0.2, 0) is 4.74 Å². The third-order valence-corrected chi connectivity index (χ3v) is 9.66. The molecule has 2 saturated carbocycles. The van der Waals surface area contributed by atoms with Gasteiger partial charge in [0.1, 0.15) is 0 Å². The molecule has 2 unspecified atom stereocenters. The van der Waals surface area contributed by atoms with Gasteiger partial charge in [-0.25, -0.2) is 4.39 Å². The zero-order valence-electron chi connectivity index (χ0n) is 23.0. The minimum Gasteiger partial charge on any atom is -0.490 e. The van der Waals surface area contributed by atoms with Crippen molar-refractivity contribution in [3.8, 4) is 16.9 Å². The van der Waals surface area contributed by atoms with E-state index >= 15 is 0 Å². The van der Waals surface area contributed by atoms with Crippen LogP contribution in [0.5, 0.6) is 5.75 Å². The van der Waals surface area contributed by atoms with Gasteiger partial charge in [-0.2, -0.15) is 4.39 Å². The molecule has 0 bridgehead atoms. The minimum absolute atomic E-state index is 0.0189. The standard InChI is InChI=1S/C34H44F2O2/c1-3-21-37-32-20-18-30(33(35)34(32)36)27-13-9-24(10-14-27)25-11-15-28(16-12-25)31-19-17-29(22-38-31)26-7-5-23(4-2)6-8-26/h4,9-10,13-14,18,20,23,25-26,28-29,31H,2-3,5-8,11-12,15-17,19,21-22H2,1H3. The SMILES string of the molecule is C=CC1CCC(C2CCC(C3CCC(c4ccc(-c5ccc(OCCC)c(F)c5F)cc4)CC3)OC2)CC1. The molecule has 2 atom stereocenters. The van der Waals surface area contributed by atoms with Gasteiger partial charge in [-0.1, -0.05) is 37.3 Å². The van der Waals surface area contributed by atoms with Crippen molar-refractivity contribution in [1.82, 2.24) is 0 Å². The van der Waals surface area contributed by atoms with Gasteiger partial charge in [0.15, 0.2) is 11.6 Å². The van der Waals surface area contributed by atoms with E-state index in [0.717, 1.165) is 30.8 Å². The highest BCUT2D eigenvalue weighted by Crippen LogP contribution is 2.43. The molecule has 0 spiro atoms. The van der Waals surface area contributed by atoms with Crippen LogP contribution in [0, 0.1) is 35.3 Å². The molecule has 2 aromatic rings. The summed E-state index contributed by atoms with van der Waals surface area (Å²) in [5.41, 5.74) is 2.28. The van der Waals surface area contributed by atoms with E-state index in [-0.39, 0.29) is 11.3 Å². The molecule has 5 rings (SSSR count). The smallest absolute Gasteiger partial charge is 0.201 e. The largest absolute Gasteiger partial charge is 0.490 e. The lowest BCUT2D eigenvalue weighted by Gasteiger charge is -2.41. The Morgan fingerprint density at radius 1 is 0.816 bits per heavy atom. The van der Waals surface area contributed by atoms with Crippen LogP contribution >= 0.6 is 0 Å². The van der Waals surface area contributed by atoms with Crippen molar-refractivity contribution in [2.75, 3.05) is 13.2 Å². The molecular weight excluding hydrogens is 478 g/mol. The van der Waals surface area contributed by atoms with Crippen LogP contribution in [0.3, 0.4) is 0 Å². The molecule has 4 heteroatoms. The molecule has 2 aromatic carbocycles. The first-order chi connectivity index (χ1) is 18.6. The van der Waals surface area contributed by atoms with E-state index in [9.17, 15) is 8.78 Å². The summed E-state index contributed by atoms with van der Waals surface area (Å²) in [4.78, 5) is 0. The highest BCUT2D eigenvalue weighted by molar-refractivity contribution is 5.65. The number of halogens is 2. The van der Waals surface area contributed by atoms with E-state index < -0.39 is 11.6 Å². The van der Waals surface area contributed by atoms with Crippen molar-refractivity contribution in [3.05, 3.63) is 66.3 Å². The second kappa shape index (κ2) is 12.8. The fraction of sp³-hybridized carbons (Fsp3) is 0.588. The Labute approximate surface area is 227 Å². The van der Waals surface area contributed by atoms with Crippen molar-refractivity contribution in [3.63, 3.8) is 0 Å². The highest BCUT2D eigenvalue weighted by atomic mass is 19.2. The molecule has 38 heavy (non-hydrogen) atoms. The molecule has 1 aliphatic heterocycles. The van der Waals surface area contributed by atoms with Crippen LogP contribution in [0.25, 0.3) is 11.1 Å². The number of allylic oxidation sites excluding steroid dienone is 1. The number of rotatable bonds is 8. The lowest BCUT2D eigenvalue weighted by molar-refractivity contribution is -0.0718. The first-order valence-electron chi connectivity index (χ1n) is 15.0. The second-order valence-electron chi connectivity index (χ2n) is 11.9. The van der Waals surface area contributed by atoms with Crippen molar-refractivity contribution in [1.29, 1.82) is 0 Å². The lowest BCUT2D eigenvalue weighted by Crippen LogP contribution is -2.37. The van der Waals surface area contributed by atoms with Crippen LogP contribution < -0.4 is 4.74 Å². The number of hydrogen-bond acceptors (Lipinski definition) is 2. The first kappa shape index (κ1) is 27.4. The van der Waals surface area contributed by atoms with Crippen molar-refractivity contribution >= 4 is 0 Å². The summed E-state index contributed by atoms with van der Waals surface area (Å²) >= 11 is 0. The third kappa shape index (κ3) is 6.17.